The van der Waals surface area contributed by atoms with Crippen molar-refractivity contribution >= 4 is 11.6 Å². The highest BCUT2D eigenvalue weighted by atomic mass is 35.5. The maximum Gasteiger partial charge on any atom is 0.122 e. The molecule has 0 radical (unpaired) electrons. The molecule has 2 rings (SSSR count). The zero-order valence-corrected chi connectivity index (χ0v) is 14.0. The summed E-state index contributed by atoms with van der Waals surface area (Å²) >= 11 is 6.09. The number of nitrogens with zero attached hydrogens (tertiary/aromatic N) is 1. The Morgan fingerprint density at radius 1 is 1.33 bits per heavy atom. The van der Waals surface area contributed by atoms with E-state index in [1.807, 2.05) is 18.2 Å². The molecule has 1 saturated heterocycles. The van der Waals surface area contributed by atoms with E-state index >= 15 is 0 Å². The van der Waals surface area contributed by atoms with E-state index in [-0.39, 0.29) is 0 Å². The second-order valence-electron chi connectivity index (χ2n) is 6.34. The van der Waals surface area contributed by atoms with Crippen molar-refractivity contribution in [3.8, 4) is 5.75 Å². The van der Waals surface area contributed by atoms with Crippen molar-refractivity contribution in [1.29, 1.82) is 0 Å². The summed E-state index contributed by atoms with van der Waals surface area (Å²) in [6.45, 7) is 6.43. The summed E-state index contributed by atoms with van der Waals surface area (Å²) in [7, 11) is 1.66. The number of aliphatic hydroxyl groups is 1. The predicted octanol–water partition coefficient (Wildman–Crippen LogP) is 3.52. The second-order valence-corrected chi connectivity index (χ2v) is 6.78. The number of hydrogen-bond donors (Lipinski definition) is 1. The number of methoxy groups -OCH3 is 1. The van der Waals surface area contributed by atoms with Crippen LogP contribution in [0.5, 0.6) is 5.75 Å². The third-order valence-corrected chi connectivity index (χ3v) is 4.68. The maximum absolute atomic E-state index is 11.0. The zero-order valence-electron chi connectivity index (χ0n) is 13.2. The molecular formula is C17H26ClNO2. The smallest absolute Gasteiger partial charge is 0.122 e. The highest BCUT2D eigenvalue weighted by Gasteiger charge is 2.31. The van der Waals surface area contributed by atoms with E-state index in [4.69, 9.17) is 16.3 Å². The van der Waals surface area contributed by atoms with Gasteiger partial charge in [-0.1, -0.05) is 11.6 Å². The average molecular weight is 312 g/mol. The van der Waals surface area contributed by atoms with Crippen LogP contribution in [0.4, 0.5) is 0 Å². The summed E-state index contributed by atoms with van der Waals surface area (Å²) in [5.41, 5.74) is 0.326. The summed E-state index contributed by atoms with van der Waals surface area (Å²) in [5, 5.41) is 11.7. The standard InChI is InChI=1S/C17H26ClNO2/c1-13(2)19-9-4-7-17(20,8-10-19)12-14-11-15(18)5-6-16(14)21-3/h5-6,11,13,20H,4,7-10,12H2,1-3H3. The van der Waals surface area contributed by atoms with Gasteiger partial charge in [0.25, 0.3) is 0 Å². The largest absolute Gasteiger partial charge is 0.496 e. The molecule has 0 aromatic heterocycles. The van der Waals surface area contributed by atoms with Gasteiger partial charge >= 0.3 is 0 Å². The molecule has 1 aromatic carbocycles. The molecule has 3 nitrogen and oxygen atoms in total. The minimum Gasteiger partial charge on any atom is -0.496 e. The molecule has 4 heteroatoms. The first-order valence-electron chi connectivity index (χ1n) is 7.72. The lowest BCUT2D eigenvalue weighted by Crippen LogP contribution is -2.35. The number of likely N-dealkylation sites (tertiary alicyclic amines) is 1. The number of halogens is 1. The van der Waals surface area contributed by atoms with E-state index in [9.17, 15) is 5.11 Å². The Kier molecular flexibility index (Phi) is 5.53. The van der Waals surface area contributed by atoms with Gasteiger partial charge in [0.05, 0.1) is 12.7 Å². The molecular weight excluding hydrogens is 286 g/mol. The van der Waals surface area contributed by atoms with Gasteiger partial charge in [-0.25, -0.2) is 0 Å². The van der Waals surface area contributed by atoms with Crippen molar-refractivity contribution in [2.75, 3.05) is 20.2 Å². The first-order valence-corrected chi connectivity index (χ1v) is 8.10. The van der Waals surface area contributed by atoms with Crippen molar-refractivity contribution in [3.05, 3.63) is 28.8 Å². The van der Waals surface area contributed by atoms with Gasteiger partial charge < -0.3 is 14.7 Å². The molecule has 0 aliphatic carbocycles. The molecule has 1 aliphatic rings. The van der Waals surface area contributed by atoms with Gasteiger partial charge in [-0.2, -0.15) is 0 Å². The summed E-state index contributed by atoms with van der Waals surface area (Å²) < 4.78 is 5.40. The highest BCUT2D eigenvalue weighted by Crippen LogP contribution is 2.32. The van der Waals surface area contributed by atoms with Crippen LogP contribution in [0.25, 0.3) is 0 Å². The summed E-state index contributed by atoms with van der Waals surface area (Å²) in [6, 6.07) is 6.14. The van der Waals surface area contributed by atoms with Crippen LogP contribution in [0.15, 0.2) is 18.2 Å². The Morgan fingerprint density at radius 3 is 2.76 bits per heavy atom. The third-order valence-electron chi connectivity index (χ3n) is 4.44. The number of rotatable bonds is 4. The predicted molar refractivity (Wildman–Crippen MR) is 87.2 cm³/mol. The van der Waals surface area contributed by atoms with Crippen LogP contribution in [0.2, 0.25) is 5.02 Å². The van der Waals surface area contributed by atoms with E-state index in [0.29, 0.717) is 17.5 Å². The lowest BCUT2D eigenvalue weighted by molar-refractivity contribution is 0.0244. The summed E-state index contributed by atoms with van der Waals surface area (Å²) in [4.78, 5) is 2.44. The minimum atomic E-state index is -0.665. The topological polar surface area (TPSA) is 32.7 Å². The SMILES string of the molecule is COc1ccc(Cl)cc1CC1(O)CCCN(C(C)C)CC1. The molecule has 21 heavy (non-hydrogen) atoms. The first-order chi connectivity index (χ1) is 9.93. The molecule has 1 fully saturated rings. The van der Waals surface area contributed by atoms with Gasteiger partial charge in [0.15, 0.2) is 0 Å². The van der Waals surface area contributed by atoms with Crippen LogP contribution in [0, 0.1) is 0 Å². The Hall–Kier alpha value is -0.770. The summed E-state index contributed by atoms with van der Waals surface area (Å²) in [5.74, 6) is 0.804. The van der Waals surface area contributed by atoms with E-state index in [1.54, 1.807) is 7.11 Å². The molecule has 1 aliphatic heterocycles. The monoisotopic (exact) mass is 311 g/mol. The van der Waals surface area contributed by atoms with Crippen LogP contribution in [0.1, 0.15) is 38.7 Å². The lowest BCUT2D eigenvalue weighted by atomic mass is 9.87. The summed E-state index contributed by atoms with van der Waals surface area (Å²) in [6.07, 6.45) is 3.24. The van der Waals surface area contributed by atoms with Gasteiger partial charge in [-0.3, -0.25) is 0 Å². The van der Waals surface area contributed by atoms with Crippen LogP contribution in [-0.4, -0.2) is 41.8 Å². The molecule has 0 amide bonds. The maximum atomic E-state index is 11.0. The van der Waals surface area contributed by atoms with Crippen molar-refractivity contribution in [3.63, 3.8) is 0 Å². The molecule has 0 spiro atoms. The average Bonchev–Trinajstić information content (AvgIpc) is 2.61. The molecule has 1 unspecified atom stereocenters. The molecule has 1 heterocycles. The molecule has 0 bridgehead atoms. The number of hydrogen-bond acceptors (Lipinski definition) is 3. The molecule has 1 N–H and O–H groups in total. The van der Waals surface area contributed by atoms with Crippen LogP contribution in [-0.2, 0) is 6.42 Å². The Morgan fingerprint density at radius 2 is 2.10 bits per heavy atom. The number of benzene rings is 1. The first kappa shape index (κ1) is 16.6. The van der Waals surface area contributed by atoms with Gasteiger partial charge in [0.1, 0.15) is 5.75 Å². The molecule has 0 saturated carbocycles. The quantitative estimate of drug-likeness (QED) is 0.923. The van der Waals surface area contributed by atoms with Gasteiger partial charge in [-0.05, 0) is 63.4 Å². The fraction of sp³-hybridized carbons (Fsp3) is 0.647. The van der Waals surface area contributed by atoms with Crippen LogP contribution < -0.4 is 4.74 Å². The van der Waals surface area contributed by atoms with Crippen LogP contribution >= 0.6 is 11.6 Å². The van der Waals surface area contributed by atoms with Crippen molar-refractivity contribution < 1.29 is 9.84 Å². The zero-order chi connectivity index (χ0) is 15.5. The van der Waals surface area contributed by atoms with E-state index < -0.39 is 5.60 Å². The number of ether oxygens (including phenoxy) is 1. The van der Waals surface area contributed by atoms with Crippen molar-refractivity contribution in [2.24, 2.45) is 0 Å². The molecule has 1 atom stereocenters. The van der Waals surface area contributed by atoms with E-state index in [1.165, 1.54) is 0 Å². The second kappa shape index (κ2) is 6.99. The Bertz CT molecular complexity index is 478. The third kappa shape index (κ3) is 4.35. The van der Waals surface area contributed by atoms with E-state index in [2.05, 4.69) is 18.7 Å². The normalized spacial score (nSPS) is 24.1. The minimum absolute atomic E-state index is 0.535. The van der Waals surface area contributed by atoms with E-state index in [0.717, 1.165) is 43.7 Å². The Labute approximate surface area is 132 Å². The lowest BCUT2D eigenvalue weighted by Gasteiger charge is -2.28. The fourth-order valence-electron chi connectivity index (χ4n) is 3.13. The Balaban J connectivity index is 2.12. The highest BCUT2D eigenvalue weighted by molar-refractivity contribution is 6.30. The molecule has 1 aromatic rings. The van der Waals surface area contributed by atoms with Gasteiger partial charge in [0.2, 0.25) is 0 Å². The van der Waals surface area contributed by atoms with Gasteiger partial charge in [-0.15, -0.1) is 0 Å². The molecule has 118 valence electrons. The van der Waals surface area contributed by atoms with Crippen molar-refractivity contribution in [1.82, 2.24) is 4.90 Å². The van der Waals surface area contributed by atoms with Gasteiger partial charge in [0, 0.05) is 24.0 Å². The van der Waals surface area contributed by atoms with Crippen molar-refractivity contribution in [2.45, 2.75) is 51.2 Å². The van der Waals surface area contributed by atoms with Crippen LogP contribution in [0.3, 0.4) is 0 Å². The fourth-order valence-corrected chi connectivity index (χ4v) is 3.33.